The van der Waals surface area contributed by atoms with Crippen LogP contribution in [0.5, 0.6) is 0 Å². The third kappa shape index (κ3) is 9.13. The monoisotopic (exact) mass is 535 g/mol. The number of aryl methyl sites for hydroxylation is 1. The van der Waals surface area contributed by atoms with Crippen molar-refractivity contribution in [2.75, 3.05) is 17.1 Å². The number of rotatable bonds is 11. The van der Waals surface area contributed by atoms with Gasteiger partial charge in [0.2, 0.25) is 21.8 Å². The van der Waals surface area contributed by atoms with E-state index in [9.17, 15) is 18.0 Å². The van der Waals surface area contributed by atoms with E-state index in [0.29, 0.717) is 30.1 Å². The van der Waals surface area contributed by atoms with Gasteiger partial charge in [0, 0.05) is 30.1 Å². The van der Waals surface area contributed by atoms with E-state index in [1.165, 1.54) is 4.31 Å². The van der Waals surface area contributed by atoms with Gasteiger partial charge in [0.05, 0.1) is 11.9 Å². The Hall–Kier alpha value is -2.58. The normalized spacial score (nSPS) is 12.6. The van der Waals surface area contributed by atoms with Gasteiger partial charge in [-0.15, -0.1) is 0 Å². The minimum atomic E-state index is -3.56. The molecular formula is C27H38ClN3O4S. The first kappa shape index (κ1) is 29.6. The molecule has 0 radical (unpaired) electrons. The maximum Gasteiger partial charge on any atom is 0.243 e. The highest BCUT2D eigenvalue weighted by atomic mass is 35.5. The number of nitrogens with one attached hydrogen (secondary N) is 1. The first-order chi connectivity index (χ1) is 16.7. The highest BCUT2D eigenvalue weighted by Crippen LogP contribution is 2.22. The summed E-state index contributed by atoms with van der Waals surface area (Å²) in [6.45, 7) is 10.0. The van der Waals surface area contributed by atoms with Gasteiger partial charge in [-0.2, -0.15) is 0 Å². The van der Waals surface area contributed by atoms with Crippen LogP contribution in [0, 0.1) is 6.92 Å². The predicted molar refractivity (Wildman–Crippen MR) is 147 cm³/mol. The largest absolute Gasteiger partial charge is 0.350 e. The summed E-state index contributed by atoms with van der Waals surface area (Å²) in [5, 5.41) is 3.50. The Kier molecular flexibility index (Phi) is 10.4. The summed E-state index contributed by atoms with van der Waals surface area (Å²) < 4.78 is 26.1. The first-order valence-corrected chi connectivity index (χ1v) is 14.3. The van der Waals surface area contributed by atoms with Crippen LogP contribution in [0.2, 0.25) is 5.02 Å². The predicted octanol–water partition coefficient (Wildman–Crippen LogP) is 4.92. The minimum Gasteiger partial charge on any atom is -0.350 e. The van der Waals surface area contributed by atoms with Crippen LogP contribution in [-0.2, 0) is 26.2 Å². The van der Waals surface area contributed by atoms with Gasteiger partial charge in [0.15, 0.2) is 0 Å². The number of carbonyl (C=O) groups is 2. The van der Waals surface area contributed by atoms with Crippen LogP contribution in [0.25, 0.3) is 0 Å². The molecule has 0 aliphatic heterocycles. The van der Waals surface area contributed by atoms with Crippen LogP contribution in [0.1, 0.15) is 58.1 Å². The third-order valence-corrected chi connectivity index (χ3v) is 7.03. The van der Waals surface area contributed by atoms with Crippen LogP contribution in [0.3, 0.4) is 0 Å². The lowest BCUT2D eigenvalue weighted by Crippen LogP contribution is -2.53. The smallest absolute Gasteiger partial charge is 0.243 e. The second-order valence-corrected chi connectivity index (χ2v) is 12.4. The summed E-state index contributed by atoms with van der Waals surface area (Å²) >= 11 is 5.95. The SMILES string of the molecule is CC[C@H](C(=O)NC(C)(C)C)N(Cc1cccc(C)c1)C(=O)CCCN(c1ccc(Cl)cc1)S(C)(=O)=O. The maximum absolute atomic E-state index is 13.5. The fourth-order valence-electron chi connectivity index (χ4n) is 3.99. The topological polar surface area (TPSA) is 86.8 Å². The molecule has 2 rings (SSSR count). The standard InChI is InChI=1S/C27H38ClN3O4S/c1-7-24(26(33)29-27(3,4)5)30(19-21-11-8-10-20(2)18-21)25(32)12-9-17-31(36(6,34)35)23-15-13-22(28)14-16-23/h8,10-11,13-16,18,24H,7,9,12,17,19H2,1-6H3,(H,29,33)/t24-/m1/s1. The lowest BCUT2D eigenvalue weighted by atomic mass is 10.0. The van der Waals surface area contributed by atoms with Gasteiger partial charge in [-0.1, -0.05) is 48.4 Å². The summed E-state index contributed by atoms with van der Waals surface area (Å²) in [4.78, 5) is 28.2. The Morgan fingerprint density at radius 1 is 1.08 bits per heavy atom. The number of sulfonamides is 1. The molecule has 9 heteroatoms. The van der Waals surface area contributed by atoms with Crippen molar-refractivity contribution in [2.45, 2.75) is 72.0 Å². The molecule has 0 unspecified atom stereocenters. The molecule has 1 atom stereocenters. The quantitative estimate of drug-likeness (QED) is 0.442. The molecule has 1 N–H and O–H groups in total. The van der Waals surface area contributed by atoms with Crippen molar-refractivity contribution in [3.63, 3.8) is 0 Å². The molecule has 0 heterocycles. The molecule has 2 aromatic carbocycles. The summed E-state index contributed by atoms with van der Waals surface area (Å²) in [6, 6.07) is 13.7. The number of hydrogen-bond acceptors (Lipinski definition) is 4. The highest BCUT2D eigenvalue weighted by molar-refractivity contribution is 7.92. The molecule has 0 bridgehead atoms. The van der Waals surface area contributed by atoms with Crippen LogP contribution < -0.4 is 9.62 Å². The van der Waals surface area contributed by atoms with Gasteiger partial charge in [-0.25, -0.2) is 8.42 Å². The summed E-state index contributed by atoms with van der Waals surface area (Å²) in [5.41, 5.74) is 2.06. The fraction of sp³-hybridized carbons (Fsp3) is 0.481. The van der Waals surface area contributed by atoms with Crippen molar-refractivity contribution in [3.05, 3.63) is 64.7 Å². The van der Waals surface area contributed by atoms with Gasteiger partial charge in [-0.05, 0) is 70.4 Å². The fourth-order valence-corrected chi connectivity index (χ4v) is 5.08. The van der Waals surface area contributed by atoms with Crippen molar-refractivity contribution < 1.29 is 18.0 Å². The molecule has 0 aliphatic rings. The lowest BCUT2D eigenvalue weighted by molar-refractivity contribution is -0.142. The molecule has 198 valence electrons. The Balaban J connectivity index is 2.23. The molecule has 0 saturated carbocycles. The Bertz CT molecular complexity index is 1140. The number of hydrogen-bond donors (Lipinski definition) is 1. The third-order valence-electron chi connectivity index (χ3n) is 5.59. The highest BCUT2D eigenvalue weighted by Gasteiger charge is 2.30. The second-order valence-electron chi connectivity index (χ2n) is 10.1. The van der Waals surface area contributed by atoms with Gasteiger partial charge >= 0.3 is 0 Å². The summed E-state index contributed by atoms with van der Waals surface area (Å²) in [6.07, 6.45) is 2.00. The molecule has 0 spiro atoms. The molecule has 0 saturated heterocycles. The van der Waals surface area contributed by atoms with Crippen molar-refractivity contribution in [3.8, 4) is 0 Å². The zero-order valence-electron chi connectivity index (χ0n) is 22.0. The summed E-state index contributed by atoms with van der Waals surface area (Å²) in [7, 11) is -3.56. The average Bonchev–Trinajstić information content (AvgIpc) is 2.75. The lowest BCUT2D eigenvalue weighted by Gasteiger charge is -2.33. The van der Waals surface area contributed by atoms with Crippen LogP contribution >= 0.6 is 11.6 Å². The molecule has 0 aromatic heterocycles. The van der Waals surface area contributed by atoms with Crippen molar-refractivity contribution in [2.24, 2.45) is 0 Å². The zero-order valence-corrected chi connectivity index (χ0v) is 23.6. The van der Waals surface area contributed by atoms with E-state index >= 15 is 0 Å². The molecule has 36 heavy (non-hydrogen) atoms. The van der Waals surface area contributed by atoms with E-state index in [1.54, 1.807) is 29.2 Å². The summed E-state index contributed by atoms with van der Waals surface area (Å²) in [5.74, 6) is -0.401. The van der Waals surface area contributed by atoms with E-state index in [-0.39, 0.29) is 24.8 Å². The van der Waals surface area contributed by atoms with Gasteiger partial charge in [0.25, 0.3) is 0 Å². The Labute approximate surface area is 220 Å². The van der Waals surface area contributed by atoms with E-state index in [2.05, 4.69) is 5.32 Å². The second kappa shape index (κ2) is 12.6. The molecule has 2 aromatic rings. The van der Waals surface area contributed by atoms with E-state index in [0.717, 1.165) is 17.4 Å². The first-order valence-electron chi connectivity index (χ1n) is 12.1. The number of anilines is 1. The molecular weight excluding hydrogens is 498 g/mol. The van der Waals surface area contributed by atoms with Crippen molar-refractivity contribution in [1.82, 2.24) is 10.2 Å². The Morgan fingerprint density at radius 2 is 1.72 bits per heavy atom. The molecule has 0 aliphatic carbocycles. The number of halogens is 1. The van der Waals surface area contributed by atoms with Gasteiger partial charge in [-0.3, -0.25) is 13.9 Å². The van der Waals surface area contributed by atoms with Crippen LogP contribution in [0.15, 0.2) is 48.5 Å². The van der Waals surface area contributed by atoms with Crippen LogP contribution in [0.4, 0.5) is 5.69 Å². The van der Waals surface area contributed by atoms with E-state index in [1.807, 2.05) is 58.9 Å². The zero-order chi connectivity index (χ0) is 27.1. The van der Waals surface area contributed by atoms with Crippen molar-refractivity contribution in [1.29, 1.82) is 0 Å². The van der Waals surface area contributed by atoms with E-state index in [4.69, 9.17) is 11.6 Å². The van der Waals surface area contributed by atoms with Gasteiger partial charge in [0.1, 0.15) is 6.04 Å². The molecule has 0 fully saturated rings. The number of carbonyl (C=O) groups excluding carboxylic acids is 2. The average molecular weight is 536 g/mol. The Morgan fingerprint density at radius 3 is 2.25 bits per heavy atom. The number of nitrogens with zero attached hydrogens (tertiary/aromatic N) is 2. The minimum absolute atomic E-state index is 0.102. The van der Waals surface area contributed by atoms with Crippen molar-refractivity contribution >= 4 is 39.1 Å². The molecule has 7 nitrogen and oxygen atoms in total. The molecule has 2 amide bonds. The number of benzene rings is 2. The van der Waals surface area contributed by atoms with E-state index < -0.39 is 21.6 Å². The maximum atomic E-state index is 13.5. The van der Waals surface area contributed by atoms with Crippen LogP contribution in [-0.4, -0.2) is 49.5 Å². The number of amides is 2. The van der Waals surface area contributed by atoms with Gasteiger partial charge < -0.3 is 10.2 Å².